The van der Waals surface area contributed by atoms with Crippen LogP contribution >= 0.6 is 11.8 Å². The number of carboxylic acids is 1. The Labute approximate surface area is 163 Å². The summed E-state index contributed by atoms with van der Waals surface area (Å²) in [6.45, 7) is 0. The fraction of sp³-hybridized carbons (Fsp3) is 0.300. The standard InChI is InChI=1S/C20H24N2O4S/c1-26-18-13-16(27-2)9-10-17(18)22-20(25)21-15(8-11-19(23)24)12-14-6-4-3-5-7-14/h3-7,9-10,13,15H,8,11-12H2,1-2H3,(H,23,24)(H2,21,22,25). The number of carbonyl (C=O) groups excluding carboxylic acids is 1. The molecule has 0 heterocycles. The number of hydrogen-bond acceptors (Lipinski definition) is 4. The summed E-state index contributed by atoms with van der Waals surface area (Å²) in [6, 6.07) is 14.5. The fourth-order valence-corrected chi connectivity index (χ4v) is 3.10. The van der Waals surface area contributed by atoms with Gasteiger partial charge >= 0.3 is 12.0 Å². The zero-order chi connectivity index (χ0) is 19.6. The minimum Gasteiger partial charge on any atom is -0.495 e. The average Bonchev–Trinajstić information content (AvgIpc) is 2.67. The van der Waals surface area contributed by atoms with Crippen molar-refractivity contribution in [2.24, 2.45) is 0 Å². The zero-order valence-electron chi connectivity index (χ0n) is 15.4. The molecular formula is C20H24N2O4S. The molecule has 2 aromatic carbocycles. The Bertz CT molecular complexity index is 768. The monoisotopic (exact) mass is 388 g/mol. The van der Waals surface area contributed by atoms with E-state index in [-0.39, 0.29) is 12.5 Å². The molecule has 0 bridgehead atoms. The van der Waals surface area contributed by atoms with E-state index in [0.29, 0.717) is 24.3 Å². The van der Waals surface area contributed by atoms with Crippen LogP contribution in [0, 0.1) is 0 Å². The number of amides is 2. The highest BCUT2D eigenvalue weighted by Gasteiger charge is 2.16. The number of anilines is 1. The van der Waals surface area contributed by atoms with Gasteiger partial charge in [0.25, 0.3) is 0 Å². The SMILES string of the molecule is COc1cc(SC)ccc1NC(=O)NC(CCC(=O)O)Cc1ccccc1. The molecule has 27 heavy (non-hydrogen) atoms. The number of ether oxygens (including phenoxy) is 1. The zero-order valence-corrected chi connectivity index (χ0v) is 16.2. The molecule has 0 radical (unpaired) electrons. The van der Waals surface area contributed by atoms with Gasteiger partial charge in [0.2, 0.25) is 0 Å². The topological polar surface area (TPSA) is 87.7 Å². The summed E-state index contributed by atoms with van der Waals surface area (Å²) in [7, 11) is 1.55. The lowest BCUT2D eigenvalue weighted by atomic mass is 10.0. The Hall–Kier alpha value is -2.67. The maximum absolute atomic E-state index is 12.4. The molecule has 0 aliphatic carbocycles. The van der Waals surface area contributed by atoms with Gasteiger partial charge in [-0.15, -0.1) is 11.8 Å². The van der Waals surface area contributed by atoms with Gasteiger partial charge in [-0.2, -0.15) is 0 Å². The molecule has 0 fully saturated rings. The molecule has 0 aliphatic heterocycles. The summed E-state index contributed by atoms with van der Waals surface area (Å²) in [5, 5.41) is 14.6. The predicted octanol–water partition coefficient (Wildman–Crippen LogP) is 4.01. The number of benzene rings is 2. The van der Waals surface area contributed by atoms with Crippen molar-refractivity contribution in [1.29, 1.82) is 0 Å². The predicted molar refractivity (Wildman–Crippen MR) is 108 cm³/mol. The Balaban J connectivity index is 2.05. The number of urea groups is 1. The van der Waals surface area contributed by atoms with E-state index in [9.17, 15) is 9.59 Å². The second-order valence-electron chi connectivity index (χ2n) is 5.98. The van der Waals surface area contributed by atoms with Crippen LogP contribution in [-0.2, 0) is 11.2 Å². The summed E-state index contributed by atoms with van der Waals surface area (Å²) >= 11 is 1.58. The largest absolute Gasteiger partial charge is 0.495 e. The lowest BCUT2D eigenvalue weighted by Gasteiger charge is -2.19. The smallest absolute Gasteiger partial charge is 0.319 e. The van der Waals surface area contributed by atoms with E-state index in [2.05, 4.69) is 10.6 Å². The third kappa shape index (κ3) is 6.86. The maximum atomic E-state index is 12.4. The van der Waals surface area contributed by atoms with Crippen molar-refractivity contribution >= 4 is 29.4 Å². The molecule has 144 valence electrons. The van der Waals surface area contributed by atoms with Crippen molar-refractivity contribution in [2.45, 2.75) is 30.2 Å². The summed E-state index contributed by atoms with van der Waals surface area (Å²) in [4.78, 5) is 24.4. The molecule has 2 aromatic rings. The normalized spacial score (nSPS) is 11.5. The van der Waals surface area contributed by atoms with Gasteiger partial charge in [0.05, 0.1) is 12.8 Å². The van der Waals surface area contributed by atoms with Gasteiger partial charge < -0.3 is 20.5 Å². The molecule has 3 N–H and O–H groups in total. The summed E-state index contributed by atoms with van der Waals surface area (Å²) in [5.74, 6) is -0.313. The molecule has 2 amide bonds. The van der Waals surface area contributed by atoms with Crippen molar-refractivity contribution < 1.29 is 19.4 Å². The molecule has 0 spiro atoms. The number of hydrogen-bond donors (Lipinski definition) is 3. The van der Waals surface area contributed by atoms with E-state index in [4.69, 9.17) is 9.84 Å². The first-order valence-corrected chi connectivity index (χ1v) is 9.79. The second kappa shape index (κ2) is 10.5. The van der Waals surface area contributed by atoms with Crippen molar-refractivity contribution in [1.82, 2.24) is 5.32 Å². The van der Waals surface area contributed by atoms with Gasteiger partial charge in [-0.25, -0.2) is 4.79 Å². The van der Waals surface area contributed by atoms with E-state index in [1.54, 1.807) is 24.9 Å². The number of carboxylic acid groups (broad SMARTS) is 1. The molecule has 1 atom stereocenters. The molecule has 1 unspecified atom stereocenters. The first kappa shape index (κ1) is 20.6. The van der Waals surface area contributed by atoms with E-state index < -0.39 is 12.0 Å². The highest BCUT2D eigenvalue weighted by atomic mass is 32.2. The Morgan fingerprint density at radius 2 is 1.93 bits per heavy atom. The maximum Gasteiger partial charge on any atom is 0.319 e. The third-order valence-electron chi connectivity index (χ3n) is 4.02. The summed E-state index contributed by atoms with van der Waals surface area (Å²) in [5.41, 5.74) is 1.60. The lowest BCUT2D eigenvalue weighted by Crippen LogP contribution is -2.39. The van der Waals surface area contributed by atoms with Crippen molar-refractivity contribution in [3.63, 3.8) is 0 Å². The minimum atomic E-state index is -0.885. The van der Waals surface area contributed by atoms with Gasteiger partial charge in [-0.1, -0.05) is 30.3 Å². The van der Waals surface area contributed by atoms with Crippen LogP contribution in [-0.4, -0.2) is 36.5 Å². The molecule has 0 aromatic heterocycles. The lowest BCUT2D eigenvalue weighted by molar-refractivity contribution is -0.137. The van der Waals surface area contributed by atoms with Crippen LogP contribution < -0.4 is 15.4 Å². The number of nitrogens with one attached hydrogen (secondary N) is 2. The molecule has 2 rings (SSSR count). The molecule has 0 aliphatic rings. The fourth-order valence-electron chi connectivity index (χ4n) is 2.67. The van der Waals surface area contributed by atoms with Crippen LogP contribution in [0.5, 0.6) is 5.75 Å². The second-order valence-corrected chi connectivity index (χ2v) is 6.86. The number of carbonyl (C=O) groups is 2. The van der Waals surface area contributed by atoms with Crippen molar-refractivity contribution in [2.75, 3.05) is 18.7 Å². The molecular weight excluding hydrogens is 364 g/mol. The van der Waals surface area contributed by atoms with E-state index >= 15 is 0 Å². The van der Waals surface area contributed by atoms with Crippen LogP contribution in [0.3, 0.4) is 0 Å². The first-order chi connectivity index (χ1) is 13.0. The number of rotatable bonds is 9. The Morgan fingerprint density at radius 3 is 2.56 bits per heavy atom. The summed E-state index contributed by atoms with van der Waals surface area (Å²) < 4.78 is 5.33. The third-order valence-corrected chi connectivity index (χ3v) is 4.75. The van der Waals surface area contributed by atoms with E-state index in [0.717, 1.165) is 10.5 Å². The van der Waals surface area contributed by atoms with Gasteiger partial charge in [0, 0.05) is 17.4 Å². The van der Waals surface area contributed by atoms with Crippen molar-refractivity contribution in [3.05, 3.63) is 54.1 Å². The van der Waals surface area contributed by atoms with Gasteiger partial charge in [0.1, 0.15) is 5.75 Å². The van der Waals surface area contributed by atoms with Gasteiger partial charge in [0.15, 0.2) is 0 Å². The van der Waals surface area contributed by atoms with Gasteiger partial charge in [-0.05, 0) is 42.9 Å². The Morgan fingerprint density at radius 1 is 1.19 bits per heavy atom. The van der Waals surface area contributed by atoms with E-state index in [1.165, 1.54) is 0 Å². The van der Waals surface area contributed by atoms with Crippen LogP contribution in [0.1, 0.15) is 18.4 Å². The summed E-state index contributed by atoms with van der Waals surface area (Å²) in [6.07, 6.45) is 2.86. The van der Waals surface area contributed by atoms with Crippen LogP contribution in [0.25, 0.3) is 0 Å². The minimum absolute atomic E-state index is 0.0104. The number of methoxy groups -OCH3 is 1. The highest BCUT2D eigenvalue weighted by Crippen LogP contribution is 2.29. The molecule has 7 heteroatoms. The van der Waals surface area contributed by atoms with Gasteiger partial charge in [-0.3, -0.25) is 4.79 Å². The van der Waals surface area contributed by atoms with Crippen LogP contribution in [0.4, 0.5) is 10.5 Å². The molecule has 0 saturated carbocycles. The molecule has 6 nitrogen and oxygen atoms in total. The Kier molecular flexibility index (Phi) is 8.00. The molecule has 0 saturated heterocycles. The quantitative estimate of drug-likeness (QED) is 0.565. The van der Waals surface area contributed by atoms with Crippen LogP contribution in [0.15, 0.2) is 53.4 Å². The first-order valence-electron chi connectivity index (χ1n) is 8.57. The average molecular weight is 388 g/mol. The number of aliphatic carboxylic acids is 1. The van der Waals surface area contributed by atoms with Crippen LogP contribution in [0.2, 0.25) is 0 Å². The number of thioether (sulfide) groups is 1. The highest BCUT2D eigenvalue weighted by molar-refractivity contribution is 7.98. The van der Waals surface area contributed by atoms with Crippen molar-refractivity contribution in [3.8, 4) is 5.75 Å². The van der Waals surface area contributed by atoms with E-state index in [1.807, 2.05) is 48.7 Å².